The van der Waals surface area contributed by atoms with Crippen LogP contribution in [0.25, 0.3) is 0 Å². The molecule has 0 saturated heterocycles. The summed E-state index contributed by atoms with van der Waals surface area (Å²) in [5.74, 6) is 0.111. The molecule has 0 spiro atoms. The highest BCUT2D eigenvalue weighted by molar-refractivity contribution is 6.34. The first-order valence-corrected chi connectivity index (χ1v) is 7.15. The van der Waals surface area contributed by atoms with Crippen LogP contribution in [-0.2, 0) is 0 Å². The lowest BCUT2D eigenvalue weighted by Gasteiger charge is -2.19. The molecule has 2 rings (SSSR count). The molecule has 1 aromatic carbocycles. The summed E-state index contributed by atoms with van der Waals surface area (Å²) in [5.41, 5.74) is 0.612. The quantitative estimate of drug-likeness (QED) is 0.929. The number of halogens is 2. The second-order valence-electron chi connectivity index (χ2n) is 5.27. The summed E-state index contributed by atoms with van der Waals surface area (Å²) in [6.45, 7) is 0. The van der Waals surface area contributed by atoms with Crippen LogP contribution in [0.4, 0.5) is 21.8 Å². The van der Waals surface area contributed by atoms with Crippen LogP contribution in [0.5, 0.6) is 0 Å². The molecule has 0 bridgehead atoms. The molecule has 0 aliphatic carbocycles. The number of benzene rings is 1. The van der Waals surface area contributed by atoms with Gasteiger partial charge in [0.1, 0.15) is 11.5 Å². The van der Waals surface area contributed by atoms with Crippen molar-refractivity contribution in [2.75, 3.05) is 43.3 Å². The van der Waals surface area contributed by atoms with Gasteiger partial charge < -0.3 is 15.1 Å². The number of hydrogen-bond donors (Lipinski definition) is 1. The zero-order valence-corrected chi connectivity index (χ0v) is 14.0. The molecule has 2 aromatic rings. The Morgan fingerprint density at radius 1 is 1.22 bits per heavy atom. The number of rotatable bonds is 4. The fourth-order valence-corrected chi connectivity index (χ4v) is 2.12. The van der Waals surface area contributed by atoms with Crippen molar-refractivity contribution in [3.05, 3.63) is 40.8 Å². The van der Waals surface area contributed by atoms with Crippen molar-refractivity contribution in [1.29, 1.82) is 0 Å². The number of hydrogen-bond acceptors (Lipinski definition) is 5. The van der Waals surface area contributed by atoms with E-state index in [0.717, 1.165) is 6.07 Å². The van der Waals surface area contributed by atoms with Crippen LogP contribution in [0.1, 0.15) is 10.4 Å². The number of carbonyl (C=O) groups excluding carboxylic acids is 1. The summed E-state index contributed by atoms with van der Waals surface area (Å²) in [7, 11) is 7.27. The second-order valence-corrected chi connectivity index (χ2v) is 5.68. The van der Waals surface area contributed by atoms with Gasteiger partial charge in [-0.15, -0.1) is 0 Å². The molecule has 0 radical (unpaired) electrons. The molecule has 0 aliphatic rings. The van der Waals surface area contributed by atoms with Gasteiger partial charge in [-0.1, -0.05) is 11.6 Å². The summed E-state index contributed by atoms with van der Waals surface area (Å²) < 4.78 is 13.1. The van der Waals surface area contributed by atoms with Gasteiger partial charge in [0, 0.05) is 28.2 Å². The minimum atomic E-state index is -0.501. The first kappa shape index (κ1) is 17.0. The van der Waals surface area contributed by atoms with E-state index >= 15 is 0 Å². The van der Waals surface area contributed by atoms with Gasteiger partial charge in [0.15, 0.2) is 5.82 Å². The molecular formula is C15H17ClFN5O. The molecule has 6 nitrogen and oxygen atoms in total. The van der Waals surface area contributed by atoms with E-state index in [1.807, 2.05) is 28.2 Å². The average molecular weight is 338 g/mol. The van der Waals surface area contributed by atoms with E-state index in [1.54, 1.807) is 9.80 Å². The average Bonchev–Trinajstić information content (AvgIpc) is 2.46. The van der Waals surface area contributed by atoms with Crippen molar-refractivity contribution in [3.8, 4) is 0 Å². The second kappa shape index (κ2) is 6.78. The van der Waals surface area contributed by atoms with Gasteiger partial charge in [-0.05, 0) is 18.2 Å². The molecule has 1 aromatic heterocycles. The van der Waals surface area contributed by atoms with Gasteiger partial charge in [0.2, 0.25) is 5.95 Å². The van der Waals surface area contributed by atoms with Crippen molar-refractivity contribution < 1.29 is 9.18 Å². The molecule has 0 saturated carbocycles. The Balaban J connectivity index is 2.33. The lowest BCUT2D eigenvalue weighted by atomic mass is 10.2. The number of carbonyl (C=O) groups is 1. The third-order valence-electron chi connectivity index (χ3n) is 3.00. The Morgan fingerprint density at radius 2 is 1.91 bits per heavy atom. The van der Waals surface area contributed by atoms with Crippen LogP contribution in [0.15, 0.2) is 24.4 Å². The van der Waals surface area contributed by atoms with Gasteiger partial charge in [-0.25, -0.2) is 9.37 Å². The smallest absolute Gasteiger partial charge is 0.257 e. The van der Waals surface area contributed by atoms with Crippen molar-refractivity contribution in [2.24, 2.45) is 0 Å². The maximum atomic E-state index is 13.1. The summed E-state index contributed by atoms with van der Waals surface area (Å²) in [5, 5.41) is 2.74. The predicted molar refractivity (Wildman–Crippen MR) is 90.0 cm³/mol. The van der Waals surface area contributed by atoms with E-state index in [9.17, 15) is 9.18 Å². The number of amides is 1. The van der Waals surface area contributed by atoms with Gasteiger partial charge in [0.05, 0.1) is 16.8 Å². The number of nitrogens with one attached hydrogen (secondary N) is 1. The summed E-state index contributed by atoms with van der Waals surface area (Å²) >= 11 is 5.91. The van der Waals surface area contributed by atoms with Crippen LogP contribution >= 0.6 is 11.6 Å². The van der Waals surface area contributed by atoms with E-state index in [1.165, 1.54) is 18.3 Å². The van der Waals surface area contributed by atoms with Crippen LogP contribution < -0.4 is 15.1 Å². The summed E-state index contributed by atoms with van der Waals surface area (Å²) in [6.07, 6.45) is 1.52. The Kier molecular flexibility index (Phi) is 5.00. The summed E-state index contributed by atoms with van der Waals surface area (Å²) in [6, 6.07) is 3.60. The number of nitrogens with zero attached hydrogens (tertiary/aromatic N) is 4. The first-order valence-electron chi connectivity index (χ1n) is 6.77. The van der Waals surface area contributed by atoms with Crippen molar-refractivity contribution in [1.82, 2.24) is 9.97 Å². The highest BCUT2D eigenvalue weighted by atomic mass is 35.5. The molecular weight excluding hydrogens is 321 g/mol. The highest BCUT2D eigenvalue weighted by Gasteiger charge is 2.16. The van der Waals surface area contributed by atoms with Gasteiger partial charge in [-0.3, -0.25) is 4.79 Å². The van der Waals surface area contributed by atoms with Gasteiger partial charge in [0.25, 0.3) is 5.91 Å². The van der Waals surface area contributed by atoms with E-state index < -0.39 is 11.7 Å². The predicted octanol–water partition coefficient (Wildman–Crippen LogP) is 2.65. The maximum Gasteiger partial charge on any atom is 0.257 e. The third-order valence-corrected chi connectivity index (χ3v) is 3.32. The normalized spacial score (nSPS) is 10.3. The van der Waals surface area contributed by atoms with Crippen LogP contribution in [0, 0.1) is 5.82 Å². The SMILES string of the molecule is CN(C)c1ncc(NC(=O)c2ccc(F)cc2Cl)c(N(C)C)n1. The highest BCUT2D eigenvalue weighted by Crippen LogP contribution is 2.25. The molecule has 23 heavy (non-hydrogen) atoms. The van der Waals surface area contributed by atoms with E-state index in [-0.39, 0.29) is 10.6 Å². The van der Waals surface area contributed by atoms with Crippen molar-refractivity contribution >= 4 is 35.0 Å². The lowest BCUT2D eigenvalue weighted by Crippen LogP contribution is -2.21. The lowest BCUT2D eigenvalue weighted by molar-refractivity contribution is 0.102. The zero-order valence-electron chi connectivity index (χ0n) is 13.3. The molecule has 0 atom stereocenters. The molecule has 1 heterocycles. The fraction of sp³-hybridized carbons (Fsp3) is 0.267. The first-order chi connectivity index (χ1) is 10.8. The minimum absolute atomic E-state index is 0.0414. The molecule has 1 amide bonds. The molecule has 122 valence electrons. The van der Waals surface area contributed by atoms with E-state index in [2.05, 4.69) is 15.3 Å². The molecule has 0 fully saturated rings. The van der Waals surface area contributed by atoms with Crippen molar-refractivity contribution in [3.63, 3.8) is 0 Å². The molecule has 0 aliphatic heterocycles. The minimum Gasteiger partial charge on any atom is -0.361 e. The van der Waals surface area contributed by atoms with Crippen LogP contribution in [-0.4, -0.2) is 44.1 Å². The molecule has 0 unspecified atom stereocenters. The largest absolute Gasteiger partial charge is 0.361 e. The van der Waals surface area contributed by atoms with Crippen molar-refractivity contribution in [2.45, 2.75) is 0 Å². The number of aromatic nitrogens is 2. The van der Waals surface area contributed by atoms with E-state index in [4.69, 9.17) is 11.6 Å². The Morgan fingerprint density at radius 3 is 2.48 bits per heavy atom. The van der Waals surface area contributed by atoms with Gasteiger partial charge in [-0.2, -0.15) is 4.98 Å². The van der Waals surface area contributed by atoms with E-state index in [0.29, 0.717) is 17.5 Å². The van der Waals surface area contributed by atoms with Crippen LogP contribution in [0.2, 0.25) is 5.02 Å². The number of anilines is 3. The maximum absolute atomic E-state index is 13.1. The molecule has 8 heteroatoms. The Labute approximate surface area is 138 Å². The monoisotopic (exact) mass is 337 g/mol. The standard InChI is InChI=1S/C15H17ClFN5O/c1-21(2)13-12(8-18-15(20-13)22(3)4)19-14(23)10-6-5-9(17)7-11(10)16/h5-8H,1-4H3,(H,19,23). The molecule has 1 N–H and O–H groups in total. The Hall–Kier alpha value is -2.41. The Bertz CT molecular complexity index is 736. The van der Waals surface area contributed by atoms with Gasteiger partial charge >= 0.3 is 0 Å². The third kappa shape index (κ3) is 3.87. The fourth-order valence-electron chi connectivity index (χ4n) is 1.87. The zero-order chi connectivity index (χ0) is 17.1. The van der Waals surface area contributed by atoms with Crippen LogP contribution in [0.3, 0.4) is 0 Å². The topological polar surface area (TPSA) is 61.4 Å². The summed E-state index contributed by atoms with van der Waals surface area (Å²) in [4.78, 5) is 24.4.